The van der Waals surface area contributed by atoms with Crippen molar-refractivity contribution in [3.8, 4) is 0 Å². The van der Waals surface area contributed by atoms with Crippen LogP contribution < -0.4 is 5.32 Å². The van der Waals surface area contributed by atoms with E-state index in [1.54, 1.807) is 7.11 Å². The molecule has 84 valence electrons. The Hall–Kier alpha value is -1.06. The summed E-state index contributed by atoms with van der Waals surface area (Å²) in [7, 11) is 1.67. The summed E-state index contributed by atoms with van der Waals surface area (Å²) in [5.41, 5.74) is 0.697. The molecule has 1 rings (SSSR count). The van der Waals surface area contributed by atoms with E-state index in [4.69, 9.17) is 4.74 Å². The maximum absolute atomic E-state index is 9.36. The van der Waals surface area contributed by atoms with Gasteiger partial charge in [0.15, 0.2) is 0 Å². The molecule has 15 heavy (non-hydrogen) atoms. The lowest BCUT2D eigenvalue weighted by Crippen LogP contribution is -2.39. The van der Waals surface area contributed by atoms with Crippen LogP contribution in [0.3, 0.4) is 0 Å². The van der Waals surface area contributed by atoms with Crippen LogP contribution in [0.5, 0.6) is 0 Å². The number of hydrogen-bond donors (Lipinski definition) is 2. The highest BCUT2D eigenvalue weighted by Gasteiger charge is 2.22. The van der Waals surface area contributed by atoms with E-state index in [1.807, 2.05) is 37.3 Å². The summed E-state index contributed by atoms with van der Waals surface area (Å²) < 4.78 is 5.03. The molecule has 1 unspecified atom stereocenters. The van der Waals surface area contributed by atoms with Crippen LogP contribution in [-0.2, 0) is 4.74 Å². The van der Waals surface area contributed by atoms with Gasteiger partial charge in [-0.3, -0.25) is 0 Å². The predicted molar refractivity (Wildman–Crippen MR) is 62.0 cm³/mol. The minimum absolute atomic E-state index is 0.0885. The molecular formula is C12H19NO2. The Balaban J connectivity index is 2.59. The first-order chi connectivity index (χ1) is 7.20. The second-order valence-corrected chi connectivity index (χ2v) is 3.95. The Morgan fingerprint density at radius 1 is 1.33 bits per heavy atom. The largest absolute Gasteiger partial charge is 0.394 e. The number of aliphatic hydroxyl groups excluding tert-OH is 1. The second kappa shape index (κ2) is 5.73. The monoisotopic (exact) mass is 209 g/mol. The molecule has 0 amide bonds. The van der Waals surface area contributed by atoms with Crippen LogP contribution in [0.25, 0.3) is 0 Å². The predicted octanol–water partition coefficient (Wildman–Crippen LogP) is 1.89. The molecule has 2 N–H and O–H groups in total. The van der Waals surface area contributed by atoms with Crippen molar-refractivity contribution in [3.05, 3.63) is 30.3 Å². The molecule has 0 saturated heterocycles. The maximum Gasteiger partial charge on any atom is 0.0659 e. The lowest BCUT2D eigenvalue weighted by molar-refractivity contribution is 0.146. The van der Waals surface area contributed by atoms with Gasteiger partial charge in [0.2, 0.25) is 0 Å². The van der Waals surface area contributed by atoms with Crippen LogP contribution in [0.2, 0.25) is 0 Å². The molecule has 1 aromatic rings. The van der Waals surface area contributed by atoms with Crippen molar-refractivity contribution < 1.29 is 9.84 Å². The second-order valence-electron chi connectivity index (χ2n) is 3.95. The third kappa shape index (κ3) is 3.90. The van der Waals surface area contributed by atoms with E-state index in [-0.39, 0.29) is 12.1 Å². The summed E-state index contributed by atoms with van der Waals surface area (Å²) in [5, 5.41) is 12.7. The molecule has 0 aliphatic carbocycles. The molecule has 0 fully saturated rings. The quantitative estimate of drug-likeness (QED) is 0.751. The standard InChI is InChI=1S/C12H19NO2/c1-12(10-14,8-9-15-2)13-11-6-4-3-5-7-11/h3-7,13-14H,8-10H2,1-2H3. The number of aliphatic hydroxyl groups is 1. The van der Waals surface area contributed by atoms with Crippen molar-refractivity contribution in [1.29, 1.82) is 0 Å². The topological polar surface area (TPSA) is 41.5 Å². The van der Waals surface area contributed by atoms with Crippen molar-refractivity contribution in [2.75, 3.05) is 25.6 Å². The van der Waals surface area contributed by atoms with Crippen molar-refractivity contribution >= 4 is 5.69 Å². The molecule has 0 radical (unpaired) electrons. The molecule has 0 aliphatic rings. The van der Waals surface area contributed by atoms with Crippen molar-refractivity contribution in [3.63, 3.8) is 0 Å². The fourth-order valence-corrected chi connectivity index (χ4v) is 1.38. The van der Waals surface area contributed by atoms with Gasteiger partial charge in [-0.1, -0.05) is 18.2 Å². The van der Waals surface area contributed by atoms with Gasteiger partial charge in [0.1, 0.15) is 0 Å². The number of anilines is 1. The van der Waals surface area contributed by atoms with E-state index in [2.05, 4.69) is 5.32 Å². The number of ether oxygens (including phenoxy) is 1. The zero-order valence-corrected chi connectivity index (χ0v) is 9.36. The number of hydrogen-bond acceptors (Lipinski definition) is 3. The fraction of sp³-hybridized carbons (Fsp3) is 0.500. The highest BCUT2D eigenvalue weighted by Crippen LogP contribution is 2.17. The van der Waals surface area contributed by atoms with Crippen LogP contribution in [0.1, 0.15) is 13.3 Å². The van der Waals surface area contributed by atoms with Gasteiger partial charge in [-0.2, -0.15) is 0 Å². The molecule has 1 atom stereocenters. The average molecular weight is 209 g/mol. The number of nitrogens with one attached hydrogen (secondary N) is 1. The summed E-state index contributed by atoms with van der Waals surface area (Å²) in [4.78, 5) is 0. The van der Waals surface area contributed by atoms with E-state index >= 15 is 0 Å². The van der Waals surface area contributed by atoms with Crippen molar-refractivity contribution in [1.82, 2.24) is 0 Å². The molecule has 0 aliphatic heterocycles. The zero-order valence-electron chi connectivity index (χ0n) is 9.36. The third-order valence-corrected chi connectivity index (χ3v) is 2.43. The van der Waals surface area contributed by atoms with Gasteiger partial charge in [0.05, 0.1) is 12.1 Å². The number of rotatable bonds is 6. The number of methoxy groups -OCH3 is 1. The van der Waals surface area contributed by atoms with Crippen molar-refractivity contribution in [2.24, 2.45) is 0 Å². The molecule has 0 bridgehead atoms. The molecule has 0 heterocycles. The van der Waals surface area contributed by atoms with Gasteiger partial charge in [-0.15, -0.1) is 0 Å². The van der Waals surface area contributed by atoms with E-state index in [0.29, 0.717) is 6.61 Å². The summed E-state index contributed by atoms with van der Waals surface area (Å²) in [6, 6.07) is 9.88. The Bertz CT molecular complexity index is 276. The Morgan fingerprint density at radius 2 is 2.00 bits per heavy atom. The zero-order chi connectivity index (χ0) is 11.1. The van der Waals surface area contributed by atoms with Gasteiger partial charge >= 0.3 is 0 Å². The first kappa shape index (κ1) is 12.0. The lowest BCUT2D eigenvalue weighted by atomic mass is 9.99. The number of benzene rings is 1. The van der Waals surface area contributed by atoms with E-state index in [0.717, 1.165) is 12.1 Å². The first-order valence-electron chi connectivity index (χ1n) is 5.13. The fourth-order valence-electron chi connectivity index (χ4n) is 1.38. The van der Waals surface area contributed by atoms with Crippen molar-refractivity contribution in [2.45, 2.75) is 18.9 Å². The minimum Gasteiger partial charge on any atom is -0.394 e. The first-order valence-corrected chi connectivity index (χ1v) is 5.13. The molecule has 0 aromatic heterocycles. The summed E-state index contributed by atoms with van der Waals surface area (Å²) in [6.07, 6.45) is 0.773. The average Bonchev–Trinajstić information content (AvgIpc) is 2.28. The maximum atomic E-state index is 9.36. The normalized spacial score (nSPS) is 14.6. The molecule has 1 aromatic carbocycles. The minimum atomic E-state index is -0.322. The summed E-state index contributed by atoms with van der Waals surface area (Å²) in [6.45, 7) is 2.71. The van der Waals surface area contributed by atoms with Gasteiger partial charge in [0.25, 0.3) is 0 Å². The third-order valence-electron chi connectivity index (χ3n) is 2.43. The lowest BCUT2D eigenvalue weighted by Gasteiger charge is -2.29. The summed E-state index contributed by atoms with van der Waals surface area (Å²) in [5.74, 6) is 0. The molecule has 0 spiro atoms. The Kier molecular flexibility index (Phi) is 4.59. The SMILES string of the molecule is COCCC(C)(CO)Nc1ccccc1. The Labute approximate surface area is 91.1 Å². The van der Waals surface area contributed by atoms with Gasteiger partial charge < -0.3 is 15.2 Å². The molecule has 0 saturated carbocycles. The Morgan fingerprint density at radius 3 is 2.53 bits per heavy atom. The van der Waals surface area contributed by atoms with Gasteiger partial charge in [0, 0.05) is 19.4 Å². The van der Waals surface area contributed by atoms with Crippen LogP contribution in [0, 0.1) is 0 Å². The van der Waals surface area contributed by atoms with Crippen LogP contribution in [0.15, 0.2) is 30.3 Å². The molecular weight excluding hydrogens is 190 g/mol. The number of para-hydroxylation sites is 1. The van der Waals surface area contributed by atoms with E-state index in [9.17, 15) is 5.11 Å². The highest BCUT2D eigenvalue weighted by atomic mass is 16.5. The molecule has 3 nitrogen and oxygen atoms in total. The molecule has 3 heteroatoms. The van der Waals surface area contributed by atoms with Crippen LogP contribution in [0.4, 0.5) is 5.69 Å². The van der Waals surface area contributed by atoms with E-state index < -0.39 is 0 Å². The highest BCUT2D eigenvalue weighted by molar-refractivity contribution is 5.44. The smallest absolute Gasteiger partial charge is 0.0659 e. The van der Waals surface area contributed by atoms with Crippen LogP contribution in [-0.4, -0.2) is 31.0 Å². The summed E-state index contributed by atoms with van der Waals surface area (Å²) >= 11 is 0. The van der Waals surface area contributed by atoms with E-state index in [1.165, 1.54) is 0 Å². The van der Waals surface area contributed by atoms with Gasteiger partial charge in [-0.05, 0) is 25.5 Å². The van der Waals surface area contributed by atoms with Gasteiger partial charge in [-0.25, -0.2) is 0 Å². The van der Waals surface area contributed by atoms with Crippen LogP contribution >= 0.6 is 0 Å².